The zero-order valence-electron chi connectivity index (χ0n) is 15.6. The average Bonchev–Trinajstić information content (AvgIpc) is 3.45. The predicted octanol–water partition coefficient (Wildman–Crippen LogP) is 3.54. The quantitative estimate of drug-likeness (QED) is 0.553. The smallest absolute Gasteiger partial charge is 0.273 e. The predicted molar refractivity (Wildman–Crippen MR) is 99.6 cm³/mol. The number of carbonyl (C=O) groups excluding carboxylic acids is 1. The van der Waals surface area contributed by atoms with Crippen molar-refractivity contribution in [1.29, 1.82) is 0 Å². The van der Waals surface area contributed by atoms with E-state index in [2.05, 4.69) is 15.1 Å². The van der Waals surface area contributed by atoms with Crippen molar-refractivity contribution < 1.29 is 22.4 Å². The number of benzene rings is 1. The van der Waals surface area contributed by atoms with Gasteiger partial charge in [0, 0.05) is 30.2 Å². The van der Waals surface area contributed by atoms with Crippen LogP contribution in [-0.2, 0) is 13.0 Å². The molecule has 1 aliphatic heterocycles. The molecule has 4 aromatic rings. The van der Waals surface area contributed by atoms with Crippen molar-refractivity contribution in [2.45, 2.75) is 25.4 Å². The molecule has 1 aromatic carbocycles. The zero-order valence-corrected chi connectivity index (χ0v) is 15.6. The van der Waals surface area contributed by atoms with E-state index in [4.69, 9.17) is 4.42 Å². The summed E-state index contributed by atoms with van der Waals surface area (Å²) in [5.74, 6) is -0.645. The van der Waals surface area contributed by atoms with Gasteiger partial charge in [-0.25, -0.2) is 18.2 Å². The Kier molecular flexibility index (Phi) is 4.34. The standard InChI is InChI=1S/C20H16F3N5O2/c21-12-3-1-2-11-8-15(30-19(11)12)18-17-13(24-10-25-17)5-7-27(18)20(29)14-4-6-26-28(14)9-16(22)23/h1-4,6,8,10,16,18H,5,7,9H2,(H,24,25)/t18-/m1/s1. The van der Waals surface area contributed by atoms with Crippen molar-refractivity contribution in [3.8, 4) is 0 Å². The van der Waals surface area contributed by atoms with Crippen LogP contribution in [0.15, 0.2) is 47.3 Å². The van der Waals surface area contributed by atoms with Gasteiger partial charge in [-0.2, -0.15) is 5.10 Å². The molecular formula is C20H16F3N5O2. The lowest BCUT2D eigenvalue weighted by molar-refractivity contribution is 0.0648. The van der Waals surface area contributed by atoms with Crippen molar-refractivity contribution in [3.05, 3.63) is 71.5 Å². The molecule has 1 aliphatic rings. The molecule has 0 bridgehead atoms. The summed E-state index contributed by atoms with van der Waals surface area (Å²) in [5.41, 5.74) is 1.55. The van der Waals surface area contributed by atoms with E-state index in [1.807, 2.05) is 0 Å². The van der Waals surface area contributed by atoms with E-state index in [1.54, 1.807) is 18.2 Å². The second-order valence-corrected chi connectivity index (χ2v) is 7.01. The summed E-state index contributed by atoms with van der Waals surface area (Å²) in [6, 6.07) is 6.92. The maximum absolute atomic E-state index is 14.2. The molecule has 0 radical (unpaired) electrons. The van der Waals surface area contributed by atoms with Crippen molar-refractivity contribution in [1.82, 2.24) is 24.6 Å². The number of aromatic amines is 1. The van der Waals surface area contributed by atoms with Crippen LogP contribution in [-0.4, -0.2) is 43.5 Å². The number of halogens is 3. The Morgan fingerprint density at radius 1 is 1.33 bits per heavy atom. The number of imidazole rings is 1. The van der Waals surface area contributed by atoms with E-state index in [-0.39, 0.29) is 11.3 Å². The number of aromatic nitrogens is 4. The molecule has 3 aromatic heterocycles. The van der Waals surface area contributed by atoms with Gasteiger partial charge < -0.3 is 14.3 Å². The first-order valence-electron chi connectivity index (χ1n) is 9.34. The summed E-state index contributed by atoms with van der Waals surface area (Å²) in [6.45, 7) is -0.381. The maximum atomic E-state index is 14.2. The molecular weight excluding hydrogens is 399 g/mol. The van der Waals surface area contributed by atoms with Gasteiger partial charge in [-0.1, -0.05) is 12.1 Å². The number of nitrogens with one attached hydrogen (secondary N) is 1. The van der Waals surface area contributed by atoms with E-state index in [0.717, 1.165) is 10.4 Å². The maximum Gasteiger partial charge on any atom is 0.273 e. The first-order chi connectivity index (χ1) is 14.5. The van der Waals surface area contributed by atoms with Crippen LogP contribution in [0.3, 0.4) is 0 Å². The number of para-hydroxylation sites is 1. The van der Waals surface area contributed by atoms with Gasteiger partial charge in [-0.3, -0.25) is 9.48 Å². The molecule has 4 heterocycles. The molecule has 1 N–H and O–H groups in total. The Bertz CT molecular complexity index is 1230. The summed E-state index contributed by atoms with van der Waals surface area (Å²) in [6.07, 6.45) is 0.695. The monoisotopic (exact) mass is 415 g/mol. The van der Waals surface area contributed by atoms with Crippen LogP contribution in [0.2, 0.25) is 0 Å². The topological polar surface area (TPSA) is 80.0 Å². The fourth-order valence-electron chi connectivity index (χ4n) is 3.90. The summed E-state index contributed by atoms with van der Waals surface area (Å²) >= 11 is 0. The molecule has 5 rings (SSSR count). The summed E-state index contributed by atoms with van der Waals surface area (Å²) in [7, 11) is 0. The number of nitrogens with zero attached hydrogens (tertiary/aromatic N) is 4. The van der Waals surface area contributed by atoms with Crippen molar-refractivity contribution in [2.24, 2.45) is 0 Å². The van der Waals surface area contributed by atoms with Crippen LogP contribution in [0.4, 0.5) is 13.2 Å². The zero-order chi connectivity index (χ0) is 20.8. The third-order valence-electron chi connectivity index (χ3n) is 5.22. The third-order valence-corrected chi connectivity index (χ3v) is 5.22. The fourth-order valence-corrected chi connectivity index (χ4v) is 3.90. The SMILES string of the molecule is O=C(c1ccnn1CC(F)F)N1CCc2[nH]cnc2[C@H]1c1cc2cccc(F)c2o1. The Morgan fingerprint density at radius 2 is 2.20 bits per heavy atom. The highest BCUT2D eigenvalue weighted by Crippen LogP contribution is 2.37. The van der Waals surface area contributed by atoms with Gasteiger partial charge in [0.15, 0.2) is 11.4 Å². The molecule has 30 heavy (non-hydrogen) atoms. The second kappa shape index (κ2) is 7.05. The van der Waals surface area contributed by atoms with Crippen molar-refractivity contribution >= 4 is 16.9 Å². The Morgan fingerprint density at radius 3 is 3.00 bits per heavy atom. The minimum Gasteiger partial charge on any atom is -0.455 e. The van der Waals surface area contributed by atoms with E-state index in [1.165, 1.54) is 29.6 Å². The lowest BCUT2D eigenvalue weighted by Crippen LogP contribution is -2.41. The van der Waals surface area contributed by atoms with Gasteiger partial charge in [0.25, 0.3) is 12.3 Å². The summed E-state index contributed by atoms with van der Waals surface area (Å²) in [5, 5.41) is 4.40. The Labute approximate surface area is 168 Å². The molecule has 1 atom stereocenters. The van der Waals surface area contributed by atoms with Gasteiger partial charge in [0.05, 0.1) is 12.0 Å². The summed E-state index contributed by atoms with van der Waals surface area (Å²) < 4.78 is 46.7. The molecule has 0 spiro atoms. The average molecular weight is 415 g/mol. The molecule has 7 nitrogen and oxygen atoms in total. The molecule has 10 heteroatoms. The highest BCUT2D eigenvalue weighted by Gasteiger charge is 2.38. The second-order valence-electron chi connectivity index (χ2n) is 7.01. The number of hydrogen-bond donors (Lipinski definition) is 1. The molecule has 0 unspecified atom stereocenters. The molecule has 0 saturated carbocycles. The molecule has 154 valence electrons. The van der Waals surface area contributed by atoms with Crippen LogP contribution in [0, 0.1) is 5.82 Å². The number of carbonyl (C=O) groups is 1. The number of amides is 1. The van der Waals surface area contributed by atoms with Crippen LogP contribution in [0.1, 0.15) is 33.7 Å². The van der Waals surface area contributed by atoms with E-state index in [0.29, 0.717) is 29.8 Å². The fraction of sp³-hybridized carbons (Fsp3) is 0.250. The Balaban J connectivity index is 1.60. The number of rotatable bonds is 4. The number of H-pyrrole nitrogens is 1. The molecule has 0 fully saturated rings. The Hall–Kier alpha value is -3.56. The van der Waals surface area contributed by atoms with Gasteiger partial charge >= 0.3 is 0 Å². The van der Waals surface area contributed by atoms with Crippen LogP contribution in [0.25, 0.3) is 11.0 Å². The van der Waals surface area contributed by atoms with Gasteiger partial charge in [0.2, 0.25) is 0 Å². The number of alkyl halides is 2. The van der Waals surface area contributed by atoms with Crippen LogP contribution < -0.4 is 0 Å². The number of furan rings is 1. The van der Waals surface area contributed by atoms with E-state index in [9.17, 15) is 18.0 Å². The summed E-state index contributed by atoms with van der Waals surface area (Å²) in [4.78, 5) is 22.2. The van der Waals surface area contributed by atoms with Crippen molar-refractivity contribution in [3.63, 3.8) is 0 Å². The third kappa shape index (κ3) is 2.95. The van der Waals surface area contributed by atoms with Gasteiger partial charge in [0.1, 0.15) is 24.0 Å². The first-order valence-corrected chi connectivity index (χ1v) is 9.34. The molecule has 0 saturated heterocycles. The molecule has 1 amide bonds. The van der Waals surface area contributed by atoms with Crippen molar-refractivity contribution in [2.75, 3.05) is 6.54 Å². The highest BCUT2D eigenvalue weighted by atomic mass is 19.3. The number of hydrogen-bond acceptors (Lipinski definition) is 4. The minimum absolute atomic E-state index is 0.0431. The number of fused-ring (bicyclic) bond motifs is 2. The lowest BCUT2D eigenvalue weighted by atomic mass is 9.99. The van der Waals surface area contributed by atoms with E-state index < -0.39 is 30.7 Å². The highest BCUT2D eigenvalue weighted by molar-refractivity contribution is 5.93. The minimum atomic E-state index is -2.65. The van der Waals surface area contributed by atoms with E-state index >= 15 is 0 Å². The first kappa shape index (κ1) is 18.5. The van der Waals surface area contributed by atoms with Crippen LogP contribution >= 0.6 is 0 Å². The van der Waals surface area contributed by atoms with Gasteiger partial charge in [-0.15, -0.1) is 0 Å². The van der Waals surface area contributed by atoms with Gasteiger partial charge in [-0.05, 0) is 18.2 Å². The van der Waals surface area contributed by atoms with Crippen LogP contribution in [0.5, 0.6) is 0 Å². The normalized spacial score (nSPS) is 16.4. The lowest BCUT2D eigenvalue weighted by Gasteiger charge is -2.33. The largest absolute Gasteiger partial charge is 0.455 e. The molecule has 0 aliphatic carbocycles.